The number of anilines is 2. The van der Waals surface area contributed by atoms with Crippen molar-refractivity contribution in [2.75, 3.05) is 24.4 Å². The van der Waals surface area contributed by atoms with E-state index >= 15 is 0 Å². The molecule has 1 aromatic carbocycles. The molecule has 1 fully saturated rings. The summed E-state index contributed by atoms with van der Waals surface area (Å²) in [5.74, 6) is 0.797. The molecule has 1 saturated heterocycles. The third-order valence-electron chi connectivity index (χ3n) is 3.76. The number of nitrogens with one attached hydrogen (secondary N) is 1. The summed E-state index contributed by atoms with van der Waals surface area (Å²) in [6.07, 6.45) is 1.49. The zero-order valence-electron chi connectivity index (χ0n) is 12.1. The summed E-state index contributed by atoms with van der Waals surface area (Å²) in [6, 6.07) is 2.82. The van der Waals surface area contributed by atoms with Gasteiger partial charge in [-0.1, -0.05) is 0 Å². The van der Waals surface area contributed by atoms with Crippen LogP contribution in [0.1, 0.15) is 19.8 Å². The van der Waals surface area contributed by atoms with E-state index in [1.54, 1.807) is 17.0 Å². The average molecular weight is 328 g/mol. The van der Waals surface area contributed by atoms with Gasteiger partial charge in [0.1, 0.15) is 6.04 Å². The Morgan fingerprint density at radius 3 is 2.68 bits per heavy atom. The van der Waals surface area contributed by atoms with Crippen molar-refractivity contribution in [3.8, 4) is 11.5 Å². The van der Waals surface area contributed by atoms with Gasteiger partial charge in [-0.2, -0.15) is 0 Å². The Morgan fingerprint density at radius 1 is 1.32 bits per heavy atom. The van der Waals surface area contributed by atoms with Crippen molar-refractivity contribution in [3.05, 3.63) is 12.1 Å². The third-order valence-corrected chi connectivity index (χ3v) is 3.76. The molecule has 120 valence electrons. The van der Waals surface area contributed by atoms with Crippen molar-refractivity contribution >= 4 is 35.6 Å². The predicted molar refractivity (Wildman–Crippen MR) is 83.3 cm³/mol. The molecule has 0 bridgehead atoms. The summed E-state index contributed by atoms with van der Waals surface area (Å²) in [5, 5.41) is 2.77. The number of amides is 2. The molecule has 3 rings (SSSR count). The second-order valence-electron chi connectivity index (χ2n) is 5.15. The van der Waals surface area contributed by atoms with Gasteiger partial charge < -0.3 is 25.4 Å². The number of nitrogens with zero attached hydrogens (tertiary/aromatic N) is 1. The van der Waals surface area contributed by atoms with Gasteiger partial charge in [-0.3, -0.25) is 9.59 Å². The van der Waals surface area contributed by atoms with Gasteiger partial charge in [0.2, 0.25) is 18.6 Å². The van der Waals surface area contributed by atoms with Crippen molar-refractivity contribution < 1.29 is 19.1 Å². The monoisotopic (exact) mass is 327 g/mol. The van der Waals surface area contributed by atoms with Crippen LogP contribution in [0.3, 0.4) is 0 Å². The molecule has 0 saturated carbocycles. The maximum atomic E-state index is 12.3. The molecule has 1 atom stereocenters. The number of carbonyl (C=O) groups excluding carboxylic acids is 2. The van der Waals surface area contributed by atoms with E-state index in [9.17, 15) is 9.59 Å². The maximum absolute atomic E-state index is 12.3. The van der Waals surface area contributed by atoms with Crippen LogP contribution in [0.5, 0.6) is 11.5 Å². The number of benzene rings is 1. The molecule has 8 heteroatoms. The van der Waals surface area contributed by atoms with Crippen LogP contribution in [-0.2, 0) is 9.59 Å². The predicted octanol–water partition coefficient (Wildman–Crippen LogP) is 1.37. The van der Waals surface area contributed by atoms with Crippen LogP contribution in [0.15, 0.2) is 12.1 Å². The lowest BCUT2D eigenvalue weighted by molar-refractivity contribution is -0.134. The first-order chi connectivity index (χ1) is 10.1. The standard InChI is InChI=1S/C14H17N3O4.ClH/c1-8(18)17-4-2-3-11(17)14(19)16-10-6-13-12(5-9(10)15)20-7-21-13;/h5-6,11H,2-4,7,15H2,1H3,(H,16,19);1H. The zero-order valence-corrected chi connectivity index (χ0v) is 12.9. The molecule has 3 N–H and O–H groups in total. The Kier molecular flexibility index (Phi) is 4.65. The fraction of sp³-hybridized carbons (Fsp3) is 0.429. The Balaban J connectivity index is 0.00000176. The highest BCUT2D eigenvalue weighted by molar-refractivity contribution is 5.99. The second-order valence-corrected chi connectivity index (χ2v) is 5.15. The molecule has 0 spiro atoms. The quantitative estimate of drug-likeness (QED) is 0.800. The number of fused-ring (bicyclic) bond motifs is 1. The molecular formula is C14H18ClN3O4. The van der Waals surface area contributed by atoms with Crippen molar-refractivity contribution in [3.63, 3.8) is 0 Å². The van der Waals surface area contributed by atoms with Gasteiger partial charge in [-0.25, -0.2) is 0 Å². The summed E-state index contributed by atoms with van der Waals surface area (Å²) in [5.41, 5.74) is 6.78. The highest BCUT2D eigenvalue weighted by Crippen LogP contribution is 2.38. The van der Waals surface area contributed by atoms with E-state index < -0.39 is 6.04 Å². The lowest BCUT2D eigenvalue weighted by Gasteiger charge is -2.22. The molecule has 1 unspecified atom stereocenters. The van der Waals surface area contributed by atoms with E-state index in [0.717, 1.165) is 6.42 Å². The number of nitrogens with two attached hydrogens (primary N) is 1. The summed E-state index contributed by atoms with van der Waals surface area (Å²) >= 11 is 0. The van der Waals surface area contributed by atoms with Crippen LogP contribution in [0.25, 0.3) is 0 Å². The molecule has 0 aromatic heterocycles. The molecule has 2 amide bonds. The van der Waals surface area contributed by atoms with Crippen LogP contribution >= 0.6 is 12.4 Å². The third kappa shape index (κ3) is 2.89. The van der Waals surface area contributed by atoms with Crippen LogP contribution in [0.4, 0.5) is 11.4 Å². The minimum atomic E-state index is -0.438. The summed E-state index contributed by atoms with van der Waals surface area (Å²) in [7, 11) is 0. The first kappa shape index (κ1) is 16.2. The van der Waals surface area contributed by atoms with Gasteiger partial charge in [0, 0.05) is 25.6 Å². The Bertz CT molecular complexity index is 608. The zero-order chi connectivity index (χ0) is 15.0. The number of nitrogen functional groups attached to an aromatic ring is 1. The first-order valence-corrected chi connectivity index (χ1v) is 6.83. The van der Waals surface area contributed by atoms with Crippen LogP contribution in [0.2, 0.25) is 0 Å². The molecule has 0 radical (unpaired) electrons. The molecule has 7 nitrogen and oxygen atoms in total. The molecule has 1 aromatic rings. The van der Waals surface area contributed by atoms with Crippen molar-refractivity contribution in [1.29, 1.82) is 0 Å². The van der Waals surface area contributed by atoms with Gasteiger partial charge >= 0.3 is 0 Å². The largest absolute Gasteiger partial charge is 0.454 e. The topological polar surface area (TPSA) is 93.9 Å². The minimum absolute atomic E-state index is 0. The number of halogens is 1. The number of likely N-dealkylation sites (tertiary alicyclic amines) is 1. The van der Waals surface area contributed by atoms with E-state index in [4.69, 9.17) is 15.2 Å². The van der Waals surface area contributed by atoms with E-state index in [2.05, 4.69) is 5.32 Å². The van der Waals surface area contributed by atoms with Crippen molar-refractivity contribution in [2.45, 2.75) is 25.8 Å². The van der Waals surface area contributed by atoms with Crippen LogP contribution < -0.4 is 20.5 Å². The second kappa shape index (κ2) is 6.31. The Labute approximate surface area is 134 Å². The number of rotatable bonds is 2. The SMILES string of the molecule is CC(=O)N1CCCC1C(=O)Nc1cc2c(cc1N)OCO2.Cl. The minimum Gasteiger partial charge on any atom is -0.454 e. The van der Waals surface area contributed by atoms with Gasteiger partial charge in [0.05, 0.1) is 11.4 Å². The number of hydrogen-bond donors (Lipinski definition) is 2. The average Bonchev–Trinajstić information content (AvgIpc) is 3.06. The fourth-order valence-corrected chi connectivity index (χ4v) is 2.70. The molecule has 0 aliphatic carbocycles. The molecular weight excluding hydrogens is 310 g/mol. The lowest BCUT2D eigenvalue weighted by atomic mass is 10.2. The molecule has 2 aliphatic rings. The van der Waals surface area contributed by atoms with Crippen LogP contribution in [0, 0.1) is 0 Å². The lowest BCUT2D eigenvalue weighted by Crippen LogP contribution is -2.42. The Hall–Kier alpha value is -2.15. The summed E-state index contributed by atoms with van der Waals surface area (Å²) < 4.78 is 10.5. The Morgan fingerprint density at radius 2 is 2.00 bits per heavy atom. The molecule has 2 heterocycles. The molecule has 2 aliphatic heterocycles. The fourth-order valence-electron chi connectivity index (χ4n) is 2.70. The summed E-state index contributed by atoms with van der Waals surface area (Å²) in [4.78, 5) is 25.4. The number of ether oxygens (including phenoxy) is 2. The van der Waals surface area contributed by atoms with Crippen molar-refractivity contribution in [1.82, 2.24) is 4.90 Å². The van der Waals surface area contributed by atoms with Gasteiger partial charge in [0.15, 0.2) is 11.5 Å². The molecule has 22 heavy (non-hydrogen) atoms. The normalized spacial score (nSPS) is 18.8. The first-order valence-electron chi connectivity index (χ1n) is 6.83. The number of hydrogen-bond acceptors (Lipinski definition) is 5. The maximum Gasteiger partial charge on any atom is 0.247 e. The highest BCUT2D eigenvalue weighted by Gasteiger charge is 2.32. The van der Waals surface area contributed by atoms with Crippen molar-refractivity contribution in [2.24, 2.45) is 0 Å². The highest BCUT2D eigenvalue weighted by atomic mass is 35.5. The van der Waals surface area contributed by atoms with E-state index in [0.29, 0.717) is 35.8 Å². The van der Waals surface area contributed by atoms with E-state index in [1.165, 1.54) is 6.92 Å². The van der Waals surface area contributed by atoms with E-state index in [1.807, 2.05) is 0 Å². The van der Waals surface area contributed by atoms with E-state index in [-0.39, 0.29) is 31.0 Å². The van der Waals surface area contributed by atoms with Gasteiger partial charge in [-0.15, -0.1) is 12.4 Å². The van der Waals surface area contributed by atoms with Crippen LogP contribution in [-0.4, -0.2) is 36.1 Å². The number of carbonyl (C=O) groups is 2. The van der Waals surface area contributed by atoms with Gasteiger partial charge in [0.25, 0.3) is 0 Å². The van der Waals surface area contributed by atoms with Gasteiger partial charge in [-0.05, 0) is 12.8 Å². The summed E-state index contributed by atoms with van der Waals surface area (Å²) in [6.45, 7) is 2.23. The smallest absolute Gasteiger partial charge is 0.247 e.